The van der Waals surface area contributed by atoms with E-state index in [0.717, 1.165) is 17.0 Å². The van der Waals surface area contributed by atoms with Crippen LogP contribution in [-0.4, -0.2) is 17.1 Å². The van der Waals surface area contributed by atoms with Crippen LogP contribution in [0.1, 0.15) is 15.9 Å². The minimum Gasteiger partial charge on any atom is -0.361 e. The van der Waals surface area contributed by atoms with Crippen LogP contribution in [0.5, 0.6) is 0 Å². The number of fused-ring (bicyclic) bond motifs is 1. The molecule has 0 unspecified atom stereocenters. The molecule has 0 bridgehead atoms. The summed E-state index contributed by atoms with van der Waals surface area (Å²) < 4.78 is 36.4. The van der Waals surface area contributed by atoms with Gasteiger partial charge in [-0.3, -0.25) is 4.79 Å². The van der Waals surface area contributed by atoms with Crippen molar-refractivity contribution in [1.82, 2.24) is 4.98 Å². The fraction of sp³-hybridized carbons (Fsp3) is 0.0556. The highest BCUT2D eigenvalue weighted by atomic mass is 19.4. The Hall–Kier alpha value is -3.02. The van der Waals surface area contributed by atoms with E-state index in [0.29, 0.717) is 16.8 Å². The number of benzene rings is 2. The van der Waals surface area contributed by atoms with Crippen molar-refractivity contribution in [3.05, 3.63) is 71.9 Å². The number of carbonyl (C=O) groups excluding carboxylic acids is 1. The molecule has 0 saturated heterocycles. The van der Waals surface area contributed by atoms with Gasteiger partial charge in [-0.25, -0.2) is 0 Å². The lowest BCUT2D eigenvalue weighted by Gasteiger charge is -2.06. The van der Waals surface area contributed by atoms with Gasteiger partial charge in [-0.15, -0.1) is 0 Å². The molecule has 122 valence electrons. The van der Waals surface area contributed by atoms with Crippen LogP contribution in [0, 0.1) is 0 Å². The zero-order valence-electron chi connectivity index (χ0n) is 12.4. The van der Waals surface area contributed by atoms with E-state index in [2.05, 4.69) is 10.3 Å². The number of anilines is 1. The van der Waals surface area contributed by atoms with Crippen molar-refractivity contribution in [2.24, 2.45) is 0 Å². The molecule has 3 nitrogen and oxygen atoms in total. The molecule has 1 aromatic heterocycles. The minimum atomic E-state index is -4.35. The van der Waals surface area contributed by atoms with E-state index >= 15 is 0 Å². The quantitative estimate of drug-likeness (QED) is 0.698. The number of rotatable bonds is 3. The number of amides is 1. The number of aromatic amines is 1. The number of carbonyl (C=O) groups is 1. The average Bonchev–Trinajstić information content (AvgIpc) is 3.00. The second kappa shape index (κ2) is 6.23. The largest absolute Gasteiger partial charge is 0.409 e. The molecule has 1 amide bonds. The second-order valence-corrected chi connectivity index (χ2v) is 5.23. The van der Waals surface area contributed by atoms with Crippen LogP contribution >= 0.6 is 0 Å². The smallest absolute Gasteiger partial charge is 0.361 e. The molecule has 0 aliphatic rings. The number of hydrogen-bond donors (Lipinski definition) is 2. The summed E-state index contributed by atoms with van der Waals surface area (Å²) in [6.07, 6.45) is -1.42. The average molecular weight is 330 g/mol. The summed E-state index contributed by atoms with van der Waals surface area (Å²) in [6.45, 7) is 0. The Kier molecular flexibility index (Phi) is 4.12. The third-order valence-corrected chi connectivity index (χ3v) is 3.45. The monoisotopic (exact) mass is 330 g/mol. The van der Waals surface area contributed by atoms with Crippen LogP contribution in [0.4, 0.5) is 18.9 Å². The highest BCUT2D eigenvalue weighted by Crippen LogP contribution is 2.20. The Morgan fingerprint density at radius 2 is 1.79 bits per heavy atom. The van der Waals surface area contributed by atoms with E-state index in [1.165, 1.54) is 24.3 Å². The molecule has 0 aliphatic heterocycles. The van der Waals surface area contributed by atoms with Gasteiger partial charge in [-0.2, -0.15) is 13.2 Å². The van der Waals surface area contributed by atoms with Crippen molar-refractivity contribution in [3.63, 3.8) is 0 Å². The van der Waals surface area contributed by atoms with Gasteiger partial charge in [0.25, 0.3) is 5.91 Å². The van der Waals surface area contributed by atoms with Crippen molar-refractivity contribution in [3.8, 4) is 0 Å². The zero-order valence-corrected chi connectivity index (χ0v) is 12.4. The summed E-state index contributed by atoms with van der Waals surface area (Å²) in [7, 11) is 0. The first-order valence-electron chi connectivity index (χ1n) is 7.15. The Morgan fingerprint density at radius 3 is 2.50 bits per heavy atom. The summed E-state index contributed by atoms with van der Waals surface area (Å²) in [5.74, 6) is -0.323. The SMILES string of the molecule is O=C(Nc1ccc2[nH]ccc2c1)c1ccc(C=CC(F)(F)F)cc1. The Labute approximate surface area is 135 Å². The van der Waals surface area contributed by atoms with Crippen molar-refractivity contribution < 1.29 is 18.0 Å². The molecule has 2 aromatic carbocycles. The van der Waals surface area contributed by atoms with Crippen molar-refractivity contribution in [2.45, 2.75) is 6.18 Å². The minimum absolute atomic E-state index is 0.161. The van der Waals surface area contributed by atoms with Crippen molar-refractivity contribution >= 4 is 28.6 Å². The third-order valence-electron chi connectivity index (χ3n) is 3.45. The number of H-pyrrole nitrogens is 1. The normalized spacial score (nSPS) is 12.0. The molecule has 0 spiro atoms. The van der Waals surface area contributed by atoms with Crippen molar-refractivity contribution in [2.75, 3.05) is 5.32 Å². The van der Waals surface area contributed by atoms with E-state index in [4.69, 9.17) is 0 Å². The molecule has 2 N–H and O–H groups in total. The van der Waals surface area contributed by atoms with E-state index in [-0.39, 0.29) is 12.0 Å². The molecule has 3 rings (SSSR count). The summed E-state index contributed by atoms with van der Waals surface area (Å²) in [5, 5.41) is 3.74. The number of allylic oxidation sites excluding steroid dienone is 1. The molecule has 1 heterocycles. The zero-order chi connectivity index (χ0) is 17.2. The predicted molar refractivity (Wildman–Crippen MR) is 87.8 cm³/mol. The second-order valence-electron chi connectivity index (χ2n) is 5.23. The standard InChI is InChI=1S/C18H13F3N2O/c19-18(20,21)9-7-12-1-3-13(4-2-12)17(24)23-15-5-6-16-14(11-15)8-10-22-16/h1-11,22H,(H,23,24). The van der Waals surface area contributed by atoms with Crippen LogP contribution in [0.2, 0.25) is 0 Å². The van der Waals surface area contributed by atoms with Crippen LogP contribution < -0.4 is 5.32 Å². The first-order chi connectivity index (χ1) is 11.4. The molecular weight excluding hydrogens is 317 g/mol. The Bertz CT molecular complexity index is 893. The van der Waals surface area contributed by atoms with Gasteiger partial charge < -0.3 is 10.3 Å². The summed E-state index contributed by atoms with van der Waals surface area (Å²) in [6, 6.07) is 13.3. The molecule has 24 heavy (non-hydrogen) atoms. The number of hydrogen-bond acceptors (Lipinski definition) is 1. The first-order valence-corrected chi connectivity index (χ1v) is 7.15. The van der Waals surface area contributed by atoms with Crippen LogP contribution in [0.3, 0.4) is 0 Å². The fourth-order valence-electron chi connectivity index (χ4n) is 2.27. The van der Waals surface area contributed by atoms with E-state index in [9.17, 15) is 18.0 Å². The Balaban J connectivity index is 1.71. The molecule has 6 heteroatoms. The summed E-state index contributed by atoms with van der Waals surface area (Å²) >= 11 is 0. The third kappa shape index (κ3) is 3.84. The lowest BCUT2D eigenvalue weighted by atomic mass is 10.1. The molecular formula is C18H13F3N2O. The molecule has 0 saturated carbocycles. The van der Waals surface area contributed by atoms with Gasteiger partial charge in [0, 0.05) is 34.4 Å². The number of nitrogens with one attached hydrogen (secondary N) is 2. The van der Waals surface area contributed by atoms with E-state index < -0.39 is 6.18 Å². The maximum absolute atomic E-state index is 12.2. The van der Waals surface area contributed by atoms with Crippen molar-refractivity contribution in [1.29, 1.82) is 0 Å². The van der Waals surface area contributed by atoms with Gasteiger partial charge in [0.15, 0.2) is 0 Å². The molecule has 0 radical (unpaired) electrons. The first kappa shape index (κ1) is 15.9. The topological polar surface area (TPSA) is 44.9 Å². The van der Waals surface area contributed by atoms with Gasteiger partial charge in [-0.05, 0) is 42.0 Å². The molecule has 0 atom stereocenters. The Morgan fingerprint density at radius 1 is 1.04 bits per heavy atom. The van der Waals surface area contributed by atoms with Gasteiger partial charge in [0.1, 0.15) is 0 Å². The fourth-order valence-corrected chi connectivity index (χ4v) is 2.27. The summed E-state index contributed by atoms with van der Waals surface area (Å²) in [4.78, 5) is 15.3. The highest BCUT2D eigenvalue weighted by molar-refractivity contribution is 6.05. The number of alkyl halides is 3. The highest BCUT2D eigenvalue weighted by Gasteiger charge is 2.21. The van der Waals surface area contributed by atoms with Gasteiger partial charge in [0.2, 0.25) is 0 Å². The van der Waals surface area contributed by atoms with Gasteiger partial charge in [-0.1, -0.05) is 18.2 Å². The number of aromatic nitrogens is 1. The van der Waals surface area contributed by atoms with Crippen LogP contribution in [0.25, 0.3) is 17.0 Å². The lowest BCUT2D eigenvalue weighted by molar-refractivity contribution is -0.0790. The van der Waals surface area contributed by atoms with Crippen LogP contribution in [-0.2, 0) is 0 Å². The maximum Gasteiger partial charge on any atom is 0.409 e. The van der Waals surface area contributed by atoms with Crippen LogP contribution in [0.15, 0.2) is 60.8 Å². The number of halogens is 3. The van der Waals surface area contributed by atoms with E-state index in [1.807, 2.05) is 24.4 Å². The predicted octanol–water partition coefficient (Wildman–Crippen LogP) is 5.00. The molecule has 0 fully saturated rings. The van der Waals surface area contributed by atoms with E-state index in [1.54, 1.807) is 6.07 Å². The van der Waals surface area contributed by atoms with Gasteiger partial charge in [0.05, 0.1) is 0 Å². The summed E-state index contributed by atoms with van der Waals surface area (Å²) in [5.41, 5.74) is 2.35. The maximum atomic E-state index is 12.2. The van der Waals surface area contributed by atoms with Gasteiger partial charge >= 0.3 is 6.18 Å². The molecule has 3 aromatic rings. The molecule has 0 aliphatic carbocycles. The lowest BCUT2D eigenvalue weighted by Crippen LogP contribution is -2.11.